The van der Waals surface area contributed by atoms with Gasteiger partial charge in [0.1, 0.15) is 22.3 Å². The number of furan rings is 2. The molecule has 0 amide bonds. The third-order valence-electron chi connectivity index (χ3n) is 10.6. The molecule has 1 aliphatic rings. The lowest BCUT2D eigenvalue weighted by Gasteiger charge is -2.13. The van der Waals surface area contributed by atoms with Crippen molar-refractivity contribution in [3.05, 3.63) is 169 Å². The average Bonchev–Trinajstić information content (AvgIpc) is 3.82. The summed E-state index contributed by atoms with van der Waals surface area (Å²) in [6.07, 6.45) is 6.54. The summed E-state index contributed by atoms with van der Waals surface area (Å²) < 4.78 is 12.8. The SMILES string of the molecule is C1=Cc2cc(-c3nc(-c4ccc(-c5ccccc5)cc4)nc(-c4cccc5oc6cc(-c7cccc8oc9ccccc9c78)ccc6c45)n3)ccc2CC1. The fourth-order valence-electron chi connectivity index (χ4n) is 7.96. The van der Waals surface area contributed by atoms with E-state index in [4.69, 9.17) is 23.8 Å². The molecular weight excluding hydrogens is 663 g/mol. The number of benzene rings is 7. The Morgan fingerprint density at radius 3 is 1.87 bits per heavy atom. The summed E-state index contributed by atoms with van der Waals surface area (Å²) >= 11 is 0. The number of allylic oxidation sites excluding steroid dienone is 1. The summed E-state index contributed by atoms with van der Waals surface area (Å²) in [5, 5.41) is 4.18. The summed E-state index contributed by atoms with van der Waals surface area (Å²) in [6, 6.07) is 52.4. The molecule has 3 heterocycles. The second-order valence-electron chi connectivity index (χ2n) is 13.9. The summed E-state index contributed by atoms with van der Waals surface area (Å²) in [7, 11) is 0. The Labute approximate surface area is 310 Å². The number of rotatable bonds is 5. The lowest BCUT2D eigenvalue weighted by atomic mass is 9.95. The van der Waals surface area contributed by atoms with Crippen molar-refractivity contribution in [2.75, 3.05) is 0 Å². The van der Waals surface area contributed by atoms with E-state index < -0.39 is 0 Å². The van der Waals surface area contributed by atoms with Crippen LogP contribution in [0.5, 0.6) is 0 Å². The van der Waals surface area contributed by atoms with Crippen LogP contribution < -0.4 is 0 Å². The summed E-state index contributed by atoms with van der Waals surface area (Å²) in [5.41, 5.74) is 13.1. The van der Waals surface area contributed by atoms with E-state index in [1.54, 1.807) is 0 Å². The van der Waals surface area contributed by atoms with E-state index in [1.165, 1.54) is 16.7 Å². The highest BCUT2D eigenvalue weighted by molar-refractivity contribution is 6.15. The Morgan fingerprint density at radius 1 is 0.407 bits per heavy atom. The summed E-state index contributed by atoms with van der Waals surface area (Å²) in [6.45, 7) is 0. The zero-order valence-corrected chi connectivity index (χ0v) is 29.2. The van der Waals surface area contributed by atoms with Gasteiger partial charge in [0.05, 0.1) is 0 Å². The minimum absolute atomic E-state index is 0.599. The van der Waals surface area contributed by atoms with Gasteiger partial charge in [0.15, 0.2) is 17.5 Å². The highest BCUT2D eigenvalue weighted by Crippen LogP contribution is 2.41. The van der Waals surface area contributed by atoms with E-state index in [-0.39, 0.29) is 0 Å². The van der Waals surface area contributed by atoms with Crippen molar-refractivity contribution in [1.82, 2.24) is 15.0 Å². The third kappa shape index (κ3) is 5.05. The highest BCUT2D eigenvalue weighted by atomic mass is 16.3. The first-order chi connectivity index (χ1) is 26.7. The van der Waals surface area contributed by atoms with Crippen LogP contribution in [0.1, 0.15) is 17.5 Å². The van der Waals surface area contributed by atoms with Gasteiger partial charge in [-0.3, -0.25) is 0 Å². The van der Waals surface area contributed by atoms with Crippen LogP contribution in [0.15, 0.2) is 167 Å². The molecule has 0 N–H and O–H groups in total. The molecule has 0 saturated heterocycles. The molecule has 0 spiro atoms. The predicted octanol–water partition coefficient (Wildman–Crippen LogP) is 13.0. The first kappa shape index (κ1) is 30.5. The second kappa shape index (κ2) is 12.2. The fraction of sp³-hybridized carbons (Fsp3) is 0.0408. The lowest BCUT2D eigenvalue weighted by Crippen LogP contribution is -2.01. The summed E-state index contributed by atoms with van der Waals surface area (Å²) in [4.78, 5) is 15.4. The molecule has 10 aromatic rings. The van der Waals surface area contributed by atoms with Crippen LogP contribution in [0.3, 0.4) is 0 Å². The number of para-hydroxylation sites is 1. The van der Waals surface area contributed by atoms with E-state index in [9.17, 15) is 0 Å². The van der Waals surface area contributed by atoms with Gasteiger partial charge >= 0.3 is 0 Å². The van der Waals surface area contributed by atoms with Gasteiger partial charge in [-0.1, -0.05) is 127 Å². The summed E-state index contributed by atoms with van der Waals surface area (Å²) in [5.74, 6) is 1.86. The van der Waals surface area contributed by atoms with Gasteiger partial charge in [0, 0.05) is 38.2 Å². The van der Waals surface area contributed by atoms with Gasteiger partial charge in [-0.25, -0.2) is 15.0 Å². The standard InChI is InChI=1S/C49H31N3O2/c1-2-10-30(11-3-1)32-20-23-33(24-21-32)47-50-48(36-25-22-31-12-4-5-13-34(31)28-36)52-49(51-47)40-16-9-19-43-46(40)39-27-26-35(29-44(39)54-43)37-15-8-18-42-45(37)38-14-6-7-17-41(38)53-42/h1-3,5-11,13-29H,4,12H2. The van der Waals surface area contributed by atoms with Crippen LogP contribution in [-0.4, -0.2) is 15.0 Å². The molecule has 0 aliphatic heterocycles. The van der Waals surface area contributed by atoms with Crippen molar-refractivity contribution in [2.24, 2.45) is 0 Å². The number of hydrogen-bond acceptors (Lipinski definition) is 5. The lowest BCUT2D eigenvalue weighted by molar-refractivity contribution is 0.668. The number of nitrogens with zero attached hydrogens (tertiary/aromatic N) is 3. The highest BCUT2D eigenvalue weighted by Gasteiger charge is 2.20. The molecule has 1 aliphatic carbocycles. The molecule has 54 heavy (non-hydrogen) atoms. The molecule has 5 nitrogen and oxygen atoms in total. The van der Waals surface area contributed by atoms with Gasteiger partial charge in [0.25, 0.3) is 0 Å². The molecule has 7 aromatic carbocycles. The van der Waals surface area contributed by atoms with E-state index in [1.807, 2.05) is 42.5 Å². The van der Waals surface area contributed by atoms with Gasteiger partial charge < -0.3 is 8.83 Å². The smallest absolute Gasteiger partial charge is 0.164 e. The van der Waals surface area contributed by atoms with Crippen LogP contribution in [-0.2, 0) is 6.42 Å². The van der Waals surface area contributed by atoms with Crippen LogP contribution in [0.2, 0.25) is 0 Å². The monoisotopic (exact) mass is 693 g/mol. The van der Waals surface area contributed by atoms with Crippen molar-refractivity contribution in [2.45, 2.75) is 12.8 Å². The Bertz CT molecular complexity index is 3100. The molecule has 0 atom stereocenters. The van der Waals surface area contributed by atoms with Gasteiger partial charge in [0.2, 0.25) is 0 Å². The maximum atomic E-state index is 6.60. The Morgan fingerprint density at radius 2 is 1.02 bits per heavy atom. The van der Waals surface area contributed by atoms with E-state index in [2.05, 4.69) is 121 Å². The largest absolute Gasteiger partial charge is 0.456 e. The van der Waals surface area contributed by atoms with Gasteiger partial charge in [-0.2, -0.15) is 0 Å². The van der Waals surface area contributed by atoms with Gasteiger partial charge in [-0.05, 0) is 82.6 Å². The Hall–Kier alpha value is -7.11. The molecule has 11 rings (SSSR count). The third-order valence-corrected chi connectivity index (χ3v) is 10.6. The topological polar surface area (TPSA) is 65.0 Å². The molecule has 0 saturated carbocycles. The zero-order chi connectivity index (χ0) is 35.6. The Kier molecular flexibility index (Phi) is 6.92. The van der Waals surface area contributed by atoms with E-state index in [0.717, 1.165) is 90.1 Å². The van der Waals surface area contributed by atoms with Crippen molar-refractivity contribution < 1.29 is 8.83 Å². The first-order valence-electron chi connectivity index (χ1n) is 18.3. The van der Waals surface area contributed by atoms with Crippen molar-refractivity contribution in [1.29, 1.82) is 0 Å². The predicted molar refractivity (Wildman–Crippen MR) is 219 cm³/mol. The number of aryl methyl sites for hydroxylation is 1. The van der Waals surface area contributed by atoms with E-state index in [0.29, 0.717) is 17.5 Å². The Balaban J connectivity index is 1.07. The maximum Gasteiger partial charge on any atom is 0.164 e. The zero-order valence-electron chi connectivity index (χ0n) is 29.2. The van der Waals surface area contributed by atoms with Crippen LogP contribution in [0, 0.1) is 0 Å². The number of fused-ring (bicyclic) bond motifs is 7. The second-order valence-corrected chi connectivity index (χ2v) is 13.9. The van der Waals surface area contributed by atoms with Crippen molar-refractivity contribution >= 4 is 50.0 Å². The van der Waals surface area contributed by atoms with Crippen LogP contribution in [0.25, 0.3) is 106 Å². The fourth-order valence-corrected chi connectivity index (χ4v) is 7.96. The molecule has 5 heteroatoms. The van der Waals surface area contributed by atoms with Gasteiger partial charge in [-0.15, -0.1) is 0 Å². The molecule has 3 aromatic heterocycles. The molecule has 254 valence electrons. The minimum atomic E-state index is 0.599. The van der Waals surface area contributed by atoms with Crippen LogP contribution in [0.4, 0.5) is 0 Å². The normalized spacial score (nSPS) is 12.6. The van der Waals surface area contributed by atoms with Crippen molar-refractivity contribution in [3.63, 3.8) is 0 Å². The van der Waals surface area contributed by atoms with Crippen molar-refractivity contribution in [3.8, 4) is 56.4 Å². The van der Waals surface area contributed by atoms with E-state index >= 15 is 0 Å². The molecule has 0 radical (unpaired) electrons. The number of aromatic nitrogens is 3. The molecule has 0 fully saturated rings. The molecular formula is C49H31N3O2. The average molecular weight is 694 g/mol. The quantitative estimate of drug-likeness (QED) is 0.179. The molecule has 0 unspecified atom stereocenters. The minimum Gasteiger partial charge on any atom is -0.456 e. The number of hydrogen-bond donors (Lipinski definition) is 0. The van der Waals surface area contributed by atoms with Crippen LogP contribution >= 0.6 is 0 Å². The first-order valence-corrected chi connectivity index (χ1v) is 18.3. The molecule has 0 bridgehead atoms. The maximum absolute atomic E-state index is 6.60.